The number of nitrogens with one attached hydrogen (secondary N) is 1. The Morgan fingerprint density at radius 3 is 2.67 bits per heavy atom. The number of aliphatic hydroxyl groups is 1. The van der Waals surface area contributed by atoms with Crippen LogP contribution in [0.25, 0.3) is 0 Å². The third kappa shape index (κ3) is 2.92. The molecule has 2 aliphatic rings. The standard InChI is InChI=1S/C12H24N2O/c1-10-7-14(11-5-3-4-6-11)9-12(2,15)8-13-10/h10-11,13,15H,3-9H2,1-2H3. The van der Waals surface area contributed by atoms with Gasteiger partial charge in [-0.05, 0) is 26.7 Å². The first-order chi connectivity index (χ1) is 7.07. The number of rotatable bonds is 1. The summed E-state index contributed by atoms with van der Waals surface area (Å²) in [4.78, 5) is 2.50. The number of nitrogens with zero attached hydrogens (tertiary/aromatic N) is 1. The summed E-state index contributed by atoms with van der Waals surface area (Å²) >= 11 is 0. The van der Waals surface area contributed by atoms with Crippen LogP contribution < -0.4 is 5.32 Å². The first-order valence-corrected chi connectivity index (χ1v) is 6.27. The van der Waals surface area contributed by atoms with Crippen molar-refractivity contribution in [2.24, 2.45) is 0 Å². The zero-order valence-electron chi connectivity index (χ0n) is 10.00. The molecule has 1 aliphatic carbocycles. The average Bonchev–Trinajstić information content (AvgIpc) is 2.62. The highest BCUT2D eigenvalue weighted by atomic mass is 16.3. The van der Waals surface area contributed by atoms with Gasteiger partial charge in [0.25, 0.3) is 0 Å². The topological polar surface area (TPSA) is 35.5 Å². The fourth-order valence-electron chi connectivity index (χ4n) is 2.92. The summed E-state index contributed by atoms with van der Waals surface area (Å²) in [6.45, 7) is 6.79. The first-order valence-electron chi connectivity index (χ1n) is 6.27. The van der Waals surface area contributed by atoms with E-state index in [9.17, 15) is 5.11 Å². The van der Waals surface area contributed by atoms with E-state index in [0.29, 0.717) is 6.04 Å². The highest BCUT2D eigenvalue weighted by Crippen LogP contribution is 2.25. The largest absolute Gasteiger partial charge is 0.388 e. The summed E-state index contributed by atoms with van der Waals surface area (Å²) in [6, 6.07) is 1.22. The predicted molar refractivity (Wildman–Crippen MR) is 61.9 cm³/mol. The molecule has 1 saturated carbocycles. The average molecular weight is 212 g/mol. The molecule has 0 bridgehead atoms. The van der Waals surface area contributed by atoms with Crippen LogP contribution in [-0.2, 0) is 0 Å². The van der Waals surface area contributed by atoms with Crippen molar-refractivity contribution in [1.82, 2.24) is 10.2 Å². The molecule has 3 nitrogen and oxygen atoms in total. The number of hydrogen-bond donors (Lipinski definition) is 2. The third-order valence-electron chi connectivity index (χ3n) is 3.72. The second kappa shape index (κ2) is 4.40. The van der Waals surface area contributed by atoms with E-state index in [1.165, 1.54) is 25.7 Å². The maximum absolute atomic E-state index is 10.2. The van der Waals surface area contributed by atoms with E-state index in [0.717, 1.165) is 25.7 Å². The Hall–Kier alpha value is -0.120. The van der Waals surface area contributed by atoms with Gasteiger partial charge in [0.15, 0.2) is 0 Å². The molecule has 2 N–H and O–H groups in total. The van der Waals surface area contributed by atoms with Crippen LogP contribution in [-0.4, -0.2) is 47.3 Å². The molecule has 0 spiro atoms. The van der Waals surface area contributed by atoms with E-state index < -0.39 is 5.60 Å². The van der Waals surface area contributed by atoms with Gasteiger partial charge in [-0.2, -0.15) is 0 Å². The van der Waals surface area contributed by atoms with E-state index in [4.69, 9.17) is 0 Å². The van der Waals surface area contributed by atoms with Crippen molar-refractivity contribution in [1.29, 1.82) is 0 Å². The van der Waals surface area contributed by atoms with Crippen molar-refractivity contribution in [2.45, 2.75) is 57.2 Å². The van der Waals surface area contributed by atoms with E-state index in [1.807, 2.05) is 6.92 Å². The summed E-state index contributed by atoms with van der Waals surface area (Å²) in [6.07, 6.45) is 5.38. The molecule has 2 rings (SSSR count). The lowest BCUT2D eigenvalue weighted by Crippen LogP contribution is -2.46. The van der Waals surface area contributed by atoms with Crippen LogP contribution in [0.15, 0.2) is 0 Å². The van der Waals surface area contributed by atoms with Gasteiger partial charge in [-0.25, -0.2) is 0 Å². The lowest BCUT2D eigenvalue weighted by atomic mass is 10.1. The fraction of sp³-hybridized carbons (Fsp3) is 1.00. The molecule has 2 unspecified atom stereocenters. The third-order valence-corrected chi connectivity index (χ3v) is 3.72. The zero-order valence-corrected chi connectivity index (χ0v) is 10.00. The SMILES string of the molecule is CC1CN(C2CCCC2)CC(C)(O)CN1. The van der Waals surface area contributed by atoms with Crippen molar-refractivity contribution in [3.05, 3.63) is 0 Å². The van der Waals surface area contributed by atoms with Gasteiger partial charge >= 0.3 is 0 Å². The van der Waals surface area contributed by atoms with Gasteiger partial charge in [-0.1, -0.05) is 12.8 Å². The van der Waals surface area contributed by atoms with Gasteiger partial charge in [-0.15, -0.1) is 0 Å². The van der Waals surface area contributed by atoms with Gasteiger partial charge < -0.3 is 10.4 Å². The number of hydrogen-bond acceptors (Lipinski definition) is 3. The monoisotopic (exact) mass is 212 g/mol. The highest BCUT2D eigenvalue weighted by Gasteiger charge is 2.33. The molecular formula is C12H24N2O. The van der Waals surface area contributed by atoms with Gasteiger partial charge in [-0.3, -0.25) is 4.90 Å². The van der Waals surface area contributed by atoms with Crippen molar-refractivity contribution in [3.8, 4) is 0 Å². The van der Waals surface area contributed by atoms with E-state index in [1.54, 1.807) is 0 Å². The molecule has 1 saturated heterocycles. The van der Waals surface area contributed by atoms with Crippen molar-refractivity contribution in [3.63, 3.8) is 0 Å². The molecule has 3 heteroatoms. The molecule has 15 heavy (non-hydrogen) atoms. The van der Waals surface area contributed by atoms with Crippen LogP contribution in [0.4, 0.5) is 0 Å². The van der Waals surface area contributed by atoms with Crippen LogP contribution in [0.1, 0.15) is 39.5 Å². The Labute approximate surface area is 92.8 Å². The van der Waals surface area contributed by atoms with Crippen LogP contribution >= 0.6 is 0 Å². The Bertz CT molecular complexity index is 212. The minimum atomic E-state index is -0.562. The summed E-state index contributed by atoms with van der Waals surface area (Å²) < 4.78 is 0. The molecule has 2 atom stereocenters. The molecule has 0 aromatic heterocycles. The van der Waals surface area contributed by atoms with Crippen molar-refractivity contribution in [2.75, 3.05) is 19.6 Å². The molecular weight excluding hydrogens is 188 g/mol. The van der Waals surface area contributed by atoms with Crippen LogP contribution in [0.3, 0.4) is 0 Å². The van der Waals surface area contributed by atoms with Crippen LogP contribution in [0.2, 0.25) is 0 Å². The maximum atomic E-state index is 10.2. The lowest BCUT2D eigenvalue weighted by Gasteiger charge is -2.32. The Morgan fingerprint density at radius 1 is 1.33 bits per heavy atom. The van der Waals surface area contributed by atoms with Crippen molar-refractivity contribution >= 4 is 0 Å². The molecule has 0 radical (unpaired) electrons. The fourth-order valence-corrected chi connectivity index (χ4v) is 2.92. The zero-order chi connectivity index (χ0) is 10.9. The van der Waals surface area contributed by atoms with Crippen LogP contribution in [0.5, 0.6) is 0 Å². The first kappa shape index (κ1) is 11.4. The van der Waals surface area contributed by atoms with Crippen molar-refractivity contribution < 1.29 is 5.11 Å². The summed E-state index contributed by atoms with van der Waals surface area (Å²) in [5.41, 5.74) is -0.562. The Balaban J connectivity index is 2.01. The Morgan fingerprint density at radius 2 is 2.00 bits per heavy atom. The van der Waals surface area contributed by atoms with Crippen LogP contribution in [0, 0.1) is 0 Å². The molecule has 0 amide bonds. The van der Waals surface area contributed by atoms with E-state index >= 15 is 0 Å². The minimum Gasteiger partial charge on any atom is -0.388 e. The maximum Gasteiger partial charge on any atom is 0.0869 e. The molecule has 88 valence electrons. The molecule has 1 heterocycles. The van der Waals surface area contributed by atoms with Gasteiger partial charge in [0, 0.05) is 31.7 Å². The highest BCUT2D eigenvalue weighted by molar-refractivity contribution is 4.90. The summed E-state index contributed by atoms with van der Waals surface area (Å²) in [5, 5.41) is 13.6. The van der Waals surface area contributed by atoms with Gasteiger partial charge in [0.05, 0.1) is 5.60 Å². The van der Waals surface area contributed by atoms with E-state index in [-0.39, 0.29) is 0 Å². The summed E-state index contributed by atoms with van der Waals surface area (Å²) in [5.74, 6) is 0. The minimum absolute atomic E-state index is 0.500. The molecule has 1 aliphatic heterocycles. The lowest BCUT2D eigenvalue weighted by molar-refractivity contribution is 0.0221. The molecule has 2 fully saturated rings. The summed E-state index contributed by atoms with van der Waals surface area (Å²) in [7, 11) is 0. The van der Waals surface area contributed by atoms with E-state index in [2.05, 4.69) is 17.1 Å². The van der Waals surface area contributed by atoms with Gasteiger partial charge in [0.1, 0.15) is 0 Å². The molecule has 0 aromatic carbocycles. The predicted octanol–water partition coefficient (Wildman–Crippen LogP) is 0.974. The Kier molecular flexibility index (Phi) is 3.33. The second-order valence-corrected chi connectivity index (χ2v) is 5.65. The van der Waals surface area contributed by atoms with Gasteiger partial charge in [0.2, 0.25) is 0 Å². The quantitative estimate of drug-likeness (QED) is 0.680. The number of β-amino-alcohol motifs (C(OH)–C–C–N with tert-alkyl or cyclic N) is 1. The smallest absolute Gasteiger partial charge is 0.0869 e. The normalized spacial score (nSPS) is 40.6. The second-order valence-electron chi connectivity index (χ2n) is 5.65. The molecule has 0 aromatic rings.